The molecule has 0 bridgehead atoms. The van der Waals surface area contributed by atoms with Gasteiger partial charge in [-0.1, -0.05) is 23.8 Å². The van der Waals surface area contributed by atoms with E-state index in [1.807, 2.05) is 0 Å². The van der Waals surface area contributed by atoms with E-state index in [-0.39, 0.29) is 0 Å². The second-order valence-corrected chi connectivity index (χ2v) is 2.88. The molecule has 1 aromatic rings. The van der Waals surface area contributed by atoms with Crippen LogP contribution in [0.4, 0.5) is 0 Å². The van der Waals surface area contributed by atoms with Crippen LogP contribution in [0.5, 0.6) is 0 Å². The van der Waals surface area contributed by atoms with Crippen LogP contribution < -0.4 is 5.32 Å². The number of rotatable bonds is 0. The Morgan fingerprint density at radius 3 is 2.58 bits per heavy atom. The molecule has 1 heteroatoms. The lowest BCUT2D eigenvalue weighted by Crippen LogP contribution is -1.99. The minimum atomic E-state index is 1.05. The van der Waals surface area contributed by atoms with Crippen LogP contribution in [0.3, 0.4) is 0 Å². The maximum Gasteiger partial charge on any atom is 0.0212 e. The first-order valence-electron chi connectivity index (χ1n) is 3.99. The molecule has 1 heterocycles. The van der Waals surface area contributed by atoms with Crippen molar-refractivity contribution in [2.75, 3.05) is 0 Å². The highest BCUT2D eigenvalue weighted by Crippen LogP contribution is 2.15. The Bertz CT molecular complexity index is 286. The van der Waals surface area contributed by atoms with Crippen molar-refractivity contribution in [3.05, 3.63) is 34.9 Å². The minimum absolute atomic E-state index is 1.05. The molecular formula is C11H13N. The lowest BCUT2D eigenvalue weighted by atomic mass is 10.1. The Hall–Kier alpha value is -1.26. The van der Waals surface area contributed by atoms with Gasteiger partial charge < -0.3 is 5.32 Å². The van der Waals surface area contributed by atoms with Gasteiger partial charge in [-0.25, -0.2) is 0 Å². The van der Waals surface area contributed by atoms with Gasteiger partial charge in [0.05, 0.1) is 0 Å². The van der Waals surface area contributed by atoms with Gasteiger partial charge >= 0.3 is 0 Å². The molecule has 1 N–H and O–H groups in total. The van der Waals surface area contributed by atoms with Crippen molar-refractivity contribution in [2.24, 2.45) is 0 Å². The molecule has 0 amide bonds. The molecule has 0 radical (unpaired) electrons. The van der Waals surface area contributed by atoms with E-state index >= 15 is 0 Å². The predicted octanol–water partition coefficient (Wildman–Crippen LogP) is 1.85. The maximum atomic E-state index is 4.00. The highest BCUT2D eigenvalue weighted by Gasteiger charge is 2.07. The van der Waals surface area contributed by atoms with Gasteiger partial charge in [0.25, 0.3) is 0 Å². The fraction of sp³-hybridized carbons (Fsp3) is 0.273. The smallest absolute Gasteiger partial charge is 0.0212 e. The Labute approximate surface area is 73.8 Å². The first kappa shape index (κ1) is 8.83. The molecule has 0 atom stereocenters. The first-order valence-corrected chi connectivity index (χ1v) is 3.99. The topological polar surface area (TPSA) is 12.0 Å². The van der Waals surface area contributed by atoms with Gasteiger partial charge in [0.15, 0.2) is 0 Å². The van der Waals surface area contributed by atoms with Gasteiger partial charge in [-0.05, 0) is 18.1 Å². The first-order chi connectivity index (χ1) is 5.86. The van der Waals surface area contributed by atoms with Gasteiger partial charge in [-0.3, -0.25) is 0 Å². The van der Waals surface area contributed by atoms with Crippen LogP contribution in [-0.2, 0) is 13.1 Å². The van der Waals surface area contributed by atoms with E-state index in [1.54, 1.807) is 0 Å². The molecule has 0 fully saturated rings. The molecular weight excluding hydrogens is 146 g/mol. The van der Waals surface area contributed by atoms with E-state index in [2.05, 4.69) is 43.3 Å². The average Bonchev–Trinajstić information content (AvgIpc) is 2.54. The third-order valence-electron chi connectivity index (χ3n) is 1.99. The molecule has 0 saturated carbocycles. The summed E-state index contributed by atoms with van der Waals surface area (Å²) in [7, 11) is 0. The van der Waals surface area contributed by atoms with Crippen molar-refractivity contribution >= 4 is 0 Å². The minimum Gasteiger partial charge on any atom is -0.309 e. The van der Waals surface area contributed by atoms with E-state index in [0.717, 1.165) is 13.1 Å². The molecule has 1 aliphatic rings. The molecule has 1 aromatic carbocycles. The fourth-order valence-electron chi connectivity index (χ4n) is 1.42. The highest BCUT2D eigenvalue weighted by molar-refractivity contribution is 5.33. The zero-order valence-corrected chi connectivity index (χ0v) is 7.30. The molecule has 0 spiro atoms. The molecule has 0 saturated heterocycles. The van der Waals surface area contributed by atoms with Crippen molar-refractivity contribution in [3.63, 3.8) is 0 Å². The van der Waals surface area contributed by atoms with Gasteiger partial charge in [-0.2, -0.15) is 0 Å². The summed E-state index contributed by atoms with van der Waals surface area (Å²) in [6.45, 7) is 4.24. The normalized spacial score (nSPS) is 12.9. The van der Waals surface area contributed by atoms with Crippen LogP contribution >= 0.6 is 0 Å². The second kappa shape index (κ2) is 3.94. The molecule has 1 aliphatic heterocycles. The summed E-state index contributed by atoms with van der Waals surface area (Å²) < 4.78 is 0. The molecule has 2 rings (SSSR count). The van der Waals surface area contributed by atoms with Crippen LogP contribution in [0.1, 0.15) is 16.7 Å². The SMILES string of the molecule is C#C.Cc1ccc2c(c1)CNC2. The van der Waals surface area contributed by atoms with E-state index in [0.29, 0.717) is 0 Å². The summed E-state index contributed by atoms with van der Waals surface area (Å²) in [6, 6.07) is 6.64. The summed E-state index contributed by atoms with van der Waals surface area (Å²) in [4.78, 5) is 0. The largest absolute Gasteiger partial charge is 0.309 e. The summed E-state index contributed by atoms with van der Waals surface area (Å²) >= 11 is 0. The second-order valence-electron chi connectivity index (χ2n) is 2.88. The van der Waals surface area contributed by atoms with Gasteiger partial charge in [0.1, 0.15) is 0 Å². The number of nitrogens with one attached hydrogen (secondary N) is 1. The number of aryl methyl sites for hydroxylation is 1. The third kappa shape index (κ3) is 1.66. The summed E-state index contributed by atoms with van der Waals surface area (Å²) in [5, 5.41) is 3.31. The Morgan fingerprint density at radius 1 is 1.17 bits per heavy atom. The Kier molecular flexibility index (Phi) is 2.90. The third-order valence-corrected chi connectivity index (χ3v) is 1.99. The molecule has 0 aliphatic carbocycles. The van der Waals surface area contributed by atoms with Crippen LogP contribution in [-0.4, -0.2) is 0 Å². The Morgan fingerprint density at radius 2 is 1.83 bits per heavy atom. The molecule has 0 unspecified atom stereocenters. The number of hydrogen-bond donors (Lipinski definition) is 1. The number of fused-ring (bicyclic) bond motifs is 1. The van der Waals surface area contributed by atoms with Crippen LogP contribution in [0.15, 0.2) is 18.2 Å². The van der Waals surface area contributed by atoms with Crippen molar-refractivity contribution < 1.29 is 0 Å². The van der Waals surface area contributed by atoms with E-state index < -0.39 is 0 Å². The highest BCUT2D eigenvalue weighted by atomic mass is 14.9. The summed E-state index contributed by atoms with van der Waals surface area (Å²) in [5.74, 6) is 0. The van der Waals surface area contributed by atoms with Crippen molar-refractivity contribution in [2.45, 2.75) is 20.0 Å². The Balaban J connectivity index is 0.000000336. The fourth-order valence-corrected chi connectivity index (χ4v) is 1.42. The standard InChI is InChI=1S/C9H11N.C2H2/c1-7-2-3-8-5-10-6-9(8)4-7;1-2/h2-4,10H,5-6H2,1H3;1-2H. The molecule has 62 valence electrons. The maximum absolute atomic E-state index is 4.00. The summed E-state index contributed by atoms with van der Waals surface area (Å²) in [6.07, 6.45) is 8.00. The monoisotopic (exact) mass is 159 g/mol. The van der Waals surface area contributed by atoms with Gasteiger partial charge in [0.2, 0.25) is 0 Å². The number of terminal acetylenes is 1. The van der Waals surface area contributed by atoms with E-state index in [9.17, 15) is 0 Å². The number of hydrogen-bond acceptors (Lipinski definition) is 1. The average molecular weight is 159 g/mol. The predicted molar refractivity (Wildman–Crippen MR) is 51.6 cm³/mol. The molecule has 0 aromatic heterocycles. The van der Waals surface area contributed by atoms with E-state index in [1.165, 1.54) is 16.7 Å². The molecule has 12 heavy (non-hydrogen) atoms. The molecule has 1 nitrogen and oxygen atoms in total. The van der Waals surface area contributed by atoms with Crippen molar-refractivity contribution in [1.29, 1.82) is 0 Å². The van der Waals surface area contributed by atoms with Gasteiger partial charge in [0, 0.05) is 13.1 Å². The number of benzene rings is 1. The van der Waals surface area contributed by atoms with Crippen LogP contribution in [0.25, 0.3) is 0 Å². The zero-order valence-electron chi connectivity index (χ0n) is 7.30. The van der Waals surface area contributed by atoms with Crippen LogP contribution in [0.2, 0.25) is 0 Å². The lowest BCUT2D eigenvalue weighted by molar-refractivity contribution is 0.765. The van der Waals surface area contributed by atoms with Crippen LogP contribution in [0, 0.1) is 19.8 Å². The van der Waals surface area contributed by atoms with E-state index in [4.69, 9.17) is 0 Å². The zero-order chi connectivity index (χ0) is 8.97. The lowest BCUT2D eigenvalue weighted by Gasteiger charge is -1.97. The van der Waals surface area contributed by atoms with Crippen molar-refractivity contribution in [3.8, 4) is 12.8 Å². The summed E-state index contributed by atoms with van der Waals surface area (Å²) in [5.41, 5.74) is 4.30. The van der Waals surface area contributed by atoms with Crippen molar-refractivity contribution in [1.82, 2.24) is 5.32 Å². The van der Waals surface area contributed by atoms with Gasteiger partial charge in [-0.15, -0.1) is 12.8 Å². The quantitative estimate of drug-likeness (QED) is 0.570.